The Kier molecular flexibility index (Phi) is 3.34. The normalized spacial score (nSPS) is 35.2. The molecule has 0 amide bonds. The molecule has 1 rings (SSSR count). The zero-order chi connectivity index (χ0) is 8.27. The number of nitrogens with two attached hydrogens (primary N) is 1. The van der Waals surface area contributed by atoms with Gasteiger partial charge in [-0.2, -0.15) is 0 Å². The smallest absolute Gasteiger partial charge is 0.0514 e. The highest BCUT2D eigenvalue weighted by atomic mass is 16.3. The highest BCUT2D eigenvalue weighted by Gasteiger charge is 2.19. The van der Waals surface area contributed by atoms with E-state index in [1.54, 1.807) is 0 Å². The lowest BCUT2D eigenvalue weighted by Crippen LogP contribution is -2.29. The fraction of sp³-hybridized carbons (Fsp3) is 1.00. The van der Waals surface area contributed by atoms with Crippen LogP contribution >= 0.6 is 0 Å². The van der Waals surface area contributed by atoms with Crippen LogP contribution in [-0.2, 0) is 0 Å². The van der Waals surface area contributed by atoms with Crippen molar-refractivity contribution in [2.45, 2.75) is 51.2 Å². The molecule has 0 aliphatic heterocycles. The van der Waals surface area contributed by atoms with Crippen LogP contribution in [-0.4, -0.2) is 17.3 Å². The summed E-state index contributed by atoms with van der Waals surface area (Å²) in [4.78, 5) is 0. The highest BCUT2D eigenvalue weighted by Crippen LogP contribution is 2.26. The zero-order valence-corrected chi connectivity index (χ0v) is 7.29. The van der Waals surface area contributed by atoms with Crippen LogP contribution in [0.15, 0.2) is 0 Å². The van der Waals surface area contributed by atoms with Gasteiger partial charge in [0.1, 0.15) is 0 Å². The minimum atomic E-state index is -0.148. The molecule has 0 heterocycles. The molecular formula is C9H19NO. The summed E-state index contributed by atoms with van der Waals surface area (Å²) < 4.78 is 0. The topological polar surface area (TPSA) is 46.2 Å². The van der Waals surface area contributed by atoms with Gasteiger partial charge in [0.05, 0.1) is 6.10 Å². The molecule has 1 saturated carbocycles. The van der Waals surface area contributed by atoms with E-state index in [1.165, 1.54) is 19.3 Å². The standard InChI is InChI=1S/C9H19NO/c1-7(11)5-8-3-2-4-9(10)6-8/h7-9,11H,2-6,10H2,1H3. The van der Waals surface area contributed by atoms with Gasteiger partial charge in [0.15, 0.2) is 0 Å². The summed E-state index contributed by atoms with van der Waals surface area (Å²) in [6, 6.07) is 0.396. The molecule has 2 nitrogen and oxygen atoms in total. The molecule has 2 heteroatoms. The fourth-order valence-electron chi connectivity index (χ4n) is 2.03. The van der Waals surface area contributed by atoms with Crippen molar-refractivity contribution in [3.63, 3.8) is 0 Å². The maximum atomic E-state index is 9.15. The molecular weight excluding hydrogens is 138 g/mol. The minimum absolute atomic E-state index is 0.148. The van der Waals surface area contributed by atoms with Gasteiger partial charge >= 0.3 is 0 Å². The van der Waals surface area contributed by atoms with Crippen LogP contribution in [0.25, 0.3) is 0 Å². The molecule has 66 valence electrons. The average molecular weight is 157 g/mol. The zero-order valence-electron chi connectivity index (χ0n) is 7.29. The van der Waals surface area contributed by atoms with Crippen LogP contribution in [0, 0.1) is 5.92 Å². The third-order valence-corrected chi connectivity index (χ3v) is 2.50. The molecule has 0 radical (unpaired) electrons. The monoisotopic (exact) mass is 157 g/mol. The van der Waals surface area contributed by atoms with Crippen molar-refractivity contribution in [2.75, 3.05) is 0 Å². The average Bonchev–Trinajstić information content (AvgIpc) is 1.85. The van der Waals surface area contributed by atoms with Crippen molar-refractivity contribution in [3.05, 3.63) is 0 Å². The number of aliphatic hydroxyl groups is 1. The molecule has 1 aliphatic carbocycles. The van der Waals surface area contributed by atoms with Gasteiger partial charge in [-0.3, -0.25) is 0 Å². The SMILES string of the molecule is CC(O)CC1CCCC(N)C1. The van der Waals surface area contributed by atoms with E-state index in [0.29, 0.717) is 12.0 Å². The lowest BCUT2D eigenvalue weighted by Gasteiger charge is -2.27. The maximum absolute atomic E-state index is 9.15. The molecule has 0 aromatic rings. The van der Waals surface area contributed by atoms with E-state index >= 15 is 0 Å². The molecule has 3 unspecified atom stereocenters. The number of aliphatic hydroxyl groups excluding tert-OH is 1. The first kappa shape index (κ1) is 9.01. The van der Waals surface area contributed by atoms with Crippen LogP contribution in [0.4, 0.5) is 0 Å². The first-order chi connectivity index (χ1) is 5.18. The third kappa shape index (κ3) is 3.21. The lowest BCUT2D eigenvalue weighted by atomic mass is 9.83. The maximum Gasteiger partial charge on any atom is 0.0514 e. The Bertz CT molecular complexity index is 112. The third-order valence-electron chi connectivity index (χ3n) is 2.50. The van der Waals surface area contributed by atoms with Gasteiger partial charge < -0.3 is 10.8 Å². The van der Waals surface area contributed by atoms with Crippen LogP contribution in [0.1, 0.15) is 39.0 Å². The Morgan fingerprint density at radius 1 is 1.55 bits per heavy atom. The Hall–Kier alpha value is -0.0800. The lowest BCUT2D eigenvalue weighted by molar-refractivity contribution is 0.143. The second-order valence-corrected chi connectivity index (χ2v) is 3.88. The van der Waals surface area contributed by atoms with E-state index < -0.39 is 0 Å². The molecule has 0 aromatic carbocycles. The van der Waals surface area contributed by atoms with Gasteiger partial charge in [0, 0.05) is 6.04 Å². The molecule has 3 atom stereocenters. The number of hydrogen-bond acceptors (Lipinski definition) is 2. The second kappa shape index (κ2) is 4.07. The molecule has 3 N–H and O–H groups in total. The van der Waals surface area contributed by atoms with Crippen LogP contribution in [0.3, 0.4) is 0 Å². The molecule has 0 spiro atoms. The van der Waals surface area contributed by atoms with Crippen molar-refractivity contribution >= 4 is 0 Å². The molecule has 0 saturated heterocycles. The Morgan fingerprint density at radius 3 is 2.82 bits per heavy atom. The van der Waals surface area contributed by atoms with Gasteiger partial charge in [0.2, 0.25) is 0 Å². The van der Waals surface area contributed by atoms with Gasteiger partial charge in [0.25, 0.3) is 0 Å². The predicted octanol–water partition coefficient (Wildman–Crippen LogP) is 1.27. The van der Waals surface area contributed by atoms with Crippen molar-refractivity contribution in [1.82, 2.24) is 0 Å². The van der Waals surface area contributed by atoms with Gasteiger partial charge in [-0.1, -0.05) is 12.8 Å². The quantitative estimate of drug-likeness (QED) is 0.634. The summed E-state index contributed by atoms with van der Waals surface area (Å²) in [5.41, 5.74) is 5.82. The summed E-state index contributed by atoms with van der Waals surface area (Å²) in [6.07, 6.45) is 5.59. The van der Waals surface area contributed by atoms with E-state index in [1.807, 2.05) is 6.92 Å². The van der Waals surface area contributed by atoms with Crippen LogP contribution < -0.4 is 5.73 Å². The summed E-state index contributed by atoms with van der Waals surface area (Å²) >= 11 is 0. The van der Waals surface area contributed by atoms with Gasteiger partial charge in [-0.05, 0) is 32.1 Å². The molecule has 11 heavy (non-hydrogen) atoms. The van der Waals surface area contributed by atoms with Gasteiger partial charge in [-0.15, -0.1) is 0 Å². The van der Waals surface area contributed by atoms with E-state index in [2.05, 4.69) is 0 Å². The number of hydrogen-bond donors (Lipinski definition) is 2. The number of rotatable bonds is 2. The van der Waals surface area contributed by atoms with E-state index in [4.69, 9.17) is 10.8 Å². The van der Waals surface area contributed by atoms with Crippen molar-refractivity contribution in [2.24, 2.45) is 11.7 Å². The van der Waals surface area contributed by atoms with E-state index in [0.717, 1.165) is 12.8 Å². The first-order valence-electron chi connectivity index (χ1n) is 4.62. The van der Waals surface area contributed by atoms with Gasteiger partial charge in [-0.25, -0.2) is 0 Å². The Labute approximate surface area is 68.8 Å². The Morgan fingerprint density at radius 2 is 2.27 bits per heavy atom. The second-order valence-electron chi connectivity index (χ2n) is 3.88. The Balaban J connectivity index is 2.23. The first-order valence-corrected chi connectivity index (χ1v) is 4.62. The van der Waals surface area contributed by atoms with Crippen molar-refractivity contribution in [3.8, 4) is 0 Å². The van der Waals surface area contributed by atoms with Crippen LogP contribution in [0.5, 0.6) is 0 Å². The molecule has 0 bridgehead atoms. The summed E-state index contributed by atoms with van der Waals surface area (Å²) in [7, 11) is 0. The highest BCUT2D eigenvalue weighted by molar-refractivity contribution is 4.75. The molecule has 0 aromatic heterocycles. The van der Waals surface area contributed by atoms with E-state index in [9.17, 15) is 0 Å². The summed E-state index contributed by atoms with van der Waals surface area (Å²) in [6.45, 7) is 1.86. The fourth-order valence-corrected chi connectivity index (χ4v) is 2.03. The summed E-state index contributed by atoms with van der Waals surface area (Å²) in [5.74, 6) is 0.679. The van der Waals surface area contributed by atoms with Crippen LogP contribution in [0.2, 0.25) is 0 Å². The largest absolute Gasteiger partial charge is 0.393 e. The molecule has 1 fully saturated rings. The predicted molar refractivity (Wildman–Crippen MR) is 46.2 cm³/mol. The van der Waals surface area contributed by atoms with Crippen molar-refractivity contribution < 1.29 is 5.11 Å². The minimum Gasteiger partial charge on any atom is -0.393 e. The van der Waals surface area contributed by atoms with E-state index in [-0.39, 0.29) is 6.10 Å². The van der Waals surface area contributed by atoms with Crippen molar-refractivity contribution in [1.29, 1.82) is 0 Å². The molecule has 1 aliphatic rings. The summed E-state index contributed by atoms with van der Waals surface area (Å²) in [5, 5.41) is 9.15.